The summed E-state index contributed by atoms with van der Waals surface area (Å²) in [6.07, 6.45) is 1.55. The van der Waals surface area contributed by atoms with Gasteiger partial charge in [-0.1, -0.05) is 13.8 Å². The van der Waals surface area contributed by atoms with Crippen molar-refractivity contribution in [3.05, 3.63) is 17.6 Å². The number of anilines is 1. The molecule has 2 aromatic rings. The lowest BCUT2D eigenvalue weighted by molar-refractivity contribution is 0.262. The maximum atomic E-state index is 6.02. The molecule has 0 saturated heterocycles. The zero-order chi connectivity index (χ0) is 14.9. The molecule has 1 atom stereocenters. The molecule has 2 N–H and O–H groups in total. The van der Waals surface area contributed by atoms with Crippen molar-refractivity contribution in [2.75, 3.05) is 25.4 Å². The highest BCUT2D eigenvalue weighted by molar-refractivity contribution is 5.90. The summed E-state index contributed by atoms with van der Waals surface area (Å²) in [5.41, 5.74) is 9.38. The Morgan fingerprint density at radius 1 is 1.25 bits per heavy atom. The molecular weight excluding hydrogens is 250 g/mol. The molecular formula is C15H25N5. The van der Waals surface area contributed by atoms with Gasteiger partial charge in [0, 0.05) is 18.3 Å². The van der Waals surface area contributed by atoms with Crippen LogP contribution in [0.4, 0.5) is 5.82 Å². The largest absolute Gasteiger partial charge is 0.383 e. The third kappa shape index (κ3) is 2.38. The SMILES string of the molecule is CCN(CC)CC(C)n1c(C)c(C)c2c(N)ncnc21. The number of rotatable bonds is 5. The normalized spacial score (nSPS) is 13.3. The van der Waals surface area contributed by atoms with Gasteiger partial charge >= 0.3 is 0 Å². The van der Waals surface area contributed by atoms with Crippen LogP contribution in [0, 0.1) is 13.8 Å². The summed E-state index contributed by atoms with van der Waals surface area (Å²) in [6.45, 7) is 14.0. The quantitative estimate of drug-likeness (QED) is 0.911. The molecule has 2 aromatic heterocycles. The van der Waals surface area contributed by atoms with E-state index in [2.05, 4.69) is 54.1 Å². The number of nitrogens with zero attached hydrogens (tertiary/aromatic N) is 4. The Balaban J connectivity index is 2.49. The summed E-state index contributed by atoms with van der Waals surface area (Å²) < 4.78 is 2.29. The molecule has 0 fully saturated rings. The number of nitrogens with two attached hydrogens (primary N) is 1. The summed E-state index contributed by atoms with van der Waals surface area (Å²) in [6, 6.07) is 0.361. The summed E-state index contributed by atoms with van der Waals surface area (Å²) >= 11 is 0. The first-order valence-corrected chi connectivity index (χ1v) is 7.31. The van der Waals surface area contributed by atoms with E-state index in [4.69, 9.17) is 5.73 Å². The number of hydrogen-bond acceptors (Lipinski definition) is 4. The highest BCUT2D eigenvalue weighted by Gasteiger charge is 2.19. The number of likely N-dealkylation sites (N-methyl/N-ethyl adjacent to an activating group) is 1. The fraction of sp³-hybridized carbons (Fsp3) is 0.600. The average molecular weight is 275 g/mol. The molecule has 0 bridgehead atoms. The molecule has 5 nitrogen and oxygen atoms in total. The standard InChI is InChI=1S/C15H25N5/c1-6-19(7-2)8-10(3)20-12(5)11(4)13-14(16)17-9-18-15(13)20/h9-10H,6-8H2,1-5H3,(H2,16,17,18). The molecule has 0 aromatic carbocycles. The van der Waals surface area contributed by atoms with Crippen LogP contribution in [-0.4, -0.2) is 39.1 Å². The molecule has 0 radical (unpaired) electrons. The van der Waals surface area contributed by atoms with Crippen molar-refractivity contribution in [3.8, 4) is 0 Å². The van der Waals surface area contributed by atoms with E-state index in [-0.39, 0.29) is 0 Å². The van der Waals surface area contributed by atoms with Gasteiger partial charge in [-0.2, -0.15) is 0 Å². The van der Waals surface area contributed by atoms with Crippen LogP contribution in [0.3, 0.4) is 0 Å². The predicted molar refractivity (Wildman–Crippen MR) is 83.9 cm³/mol. The van der Waals surface area contributed by atoms with Gasteiger partial charge in [-0.05, 0) is 39.4 Å². The fourth-order valence-electron chi connectivity index (χ4n) is 2.93. The van der Waals surface area contributed by atoms with Gasteiger partial charge in [-0.3, -0.25) is 0 Å². The van der Waals surface area contributed by atoms with Gasteiger partial charge in [0.15, 0.2) is 0 Å². The Kier molecular flexibility index (Phi) is 4.28. The van der Waals surface area contributed by atoms with Crippen LogP contribution in [0.2, 0.25) is 0 Å². The molecule has 2 rings (SSSR count). The van der Waals surface area contributed by atoms with Crippen LogP contribution in [0.1, 0.15) is 38.1 Å². The lowest BCUT2D eigenvalue weighted by Gasteiger charge is -2.25. The van der Waals surface area contributed by atoms with Crippen molar-refractivity contribution in [2.45, 2.75) is 40.7 Å². The molecule has 20 heavy (non-hydrogen) atoms. The van der Waals surface area contributed by atoms with E-state index >= 15 is 0 Å². The zero-order valence-electron chi connectivity index (χ0n) is 13.1. The topological polar surface area (TPSA) is 60.0 Å². The van der Waals surface area contributed by atoms with Crippen LogP contribution in [-0.2, 0) is 0 Å². The van der Waals surface area contributed by atoms with Crippen molar-refractivity contribution < 1.29 is 0 Å². The molecule has 110 valence electrons. The minimum Gasteiger partial charge on any atom is -0.383 e. The molecule has 5 heteroatoms. The number of fused-ring (bicyclic) bond motifs is 1. The third-order valence-corrected chi connectivity index (χ3v) is 4.22. The van der Waals surface area contributed by atoms with E-state index in [1.165, 1.54) is 11.3 Å². The molecule has 0 saturated carbocycles. The summed E-state index contributed by atoms with van der Waals surface area (Å²) in [5, 5.41) is 0.997. The van der Waals surface area contributed by atoms with Crippen LogP contribution in [0.15, 0.2) is 6.33 Å². The fourth-order valence-corrected chi connectivity index (χ4v) is 2.93. The van der Waals surface area contributed by atoms with Crippen LogP contribution in [0.25, 0.3) is 11.0 Å². The second-order valence-corrected chi connectivity index (χ2v) is 5.37. The van der Waals surface area contributed by atoms with Crippen molar-refractivity contribution >= 4 is 16.9 Å². The molecule has 2 heterocycles. The van der Waals surface area contributed by atoms with Gasteiger partial charge in [-0.15, -0.1) is 0 Å². The van der Waals surface area contributed by atoms with E-state index < -0.39 is 0 Å². The number of hydrogen-bond donors (Lipinski definition) is 1. The predicted octanol–water partition coefficient (Wildman–Crippen LogP) is 2.53. The number of nitrogen functional groups attached to an aromatic ring is 1. The highest BCUT2D eigenvalue weighted by atomic mass is 15.2. The summed E-state index contributed by atoms with van der Waals surface area (Å²) in [7, 11) is 0. The van der Waals surface area contributed by atoms with E-state index in [1.807, 2.05) is 0 Å². The van der Waals surface area contributed by atoms with Crippen molar-refractivity contribution in [3.63, 3.8) is 0 Å². The smallest absolute Gasteiger partial charge is 0.146 e. The minimum atomic E-state index is 0.361. The first kappa shape index (κ1) is 14.8. The highest BCUT2D eigenvalue weighted by Crippen LogP contribution is 2.29. The maximum absolute atomic E-state index is 6.02. The third-order valence-electron chi connectivity index (χ3n) is 4.22. The van der Waals surface area contributed by atoms with Gasteiger partial charge in [0.05, 0.1) is 5.39 Å². The van der Waals surface area contributed by atoms with Crippen LogP contribution in [0.5, 0.6) is 0 Å². The molecule has 1 unspecified atom stereocenters. The summed E-state index contributed by atoms with van der Waals surface area (Å²) in [5.74, 6) is 0.574. The summed E-state index contributed by atoms with van der Waals surface area (Å²) in [4.78, 5) is 11.0. The van der Waals surface area contributed by atoms with E-state index in [9.17, 15) is 0 Å². The van der Waals surface area contributed by atoms with E-state index in [0.29, 0.717) is 11.9 Å². The zero-order valence-corrected chi connectivity index (χ0v) is 13.1. The van der Waals surface area contributed by atoms with Gasteiger partial charge in [0.2, 0.25) is 0 Å². The minimum absolute atomic E-state index is 0.361. The second kappa shape index (κ2) is 5.79. The second-order valence-electron chi connectivity index (χ2n) is 5.37. The van der Waals surface area contributed by atoms with Crippen molar-refractivity contribution in [1.29, 1.82) is 0 Å². The Bertz CT molecular complexity index is 598. The first-order chi connectivity index (χ1) is 9.51. The Labute approximate surface area is 120 Å². The molecule has 0 aliphatic heterocycles. The molecule has 0 aliphatic carbocycles. The van der Waals surface area contributed by atoms with Gasteiger partial charge in [0.25, 0.3) is 0 Å². The van der Waals surface area contributed by atoms with Crippen LogP contribution >= 0.6 is 0 Å². The van der Waals surface area contributed by atoms with Crippen molar-refractivity contribution in [1.82, 2.24) is 19.4 Å². The first-order valence-electron chi connectivity index (χ1n) is 7.31. The Morgan fingerprint density at radius 3 is 2.50 bits per heavy atom. The van der Waals surface area contributed by atoms with Gasteiger partial charge in [0.1, 0.15) is 17.8 Å². The maximum Gasteiger partial charge on any atom is 0.146 e. The lowest BCUT2D eigenvalue weighted by atomic mass is 10.2. The van der Waals surface area contributed by atoms with Gasteiger partial charge < -0.3 is 15.2 Å². The van der Waals surface area contributed by atoms with E-state index in [0.717, 1.165) is 30.7 Å². The monoisotopic (exact) mass is 275 g/mol. The lowest BCUT2D eigenvalue weighted by Crippen LogP contribution is -2.30. The van der Waals surface area contributed by atoms with Gasteiger partial charge in [-0.25, -0.2) is 9.97 Å². The number of aryl methyl sites for hydroxylation is 1. The molecule has 0 aliphatic rings. The number of aromatic nitrogens is 3. The van der Waals surface area contributed by atoms with E-state index in [1.54, 1.807) is 6.33 Å². The Morgan fingerprint density at radius 2 is 1.90 bits per heavy atom. The van der Waals surface area contributed by atoms with Crippen molar-refractivity contribution in [2.24, 2.45) is 0 Å². The Hall–Kier alpha value is -1.62. The van der Waals surface area contributed by atoms with Crippen LogP contribution < -0.4 is 5.73 Å². The molecule has 0 amide bonds. The molecule has 0 spiro atoms. The average Bonchev–Trinajstić information content (AvgIpc) is 2.69.